The molecule has 1 aromatic carbocycles. The van der Waals surface area contributed by atoms with Crippen molar-refractivity contribution in [3.8, 4) is 0 Å². The van der Waals surface area contributed by atoms with Crippen LogP contribution >= 0.6 is 12.4 Å². The number of nitrogens with two attached hydrogens (primary N) is 1. The molecule has 0 aromatic heterocycles. The van der Waals surface area contributed by atoms with Gasteiger partial charge in [0.15, 0.2) is 4.90 Å². The van der Waals surface area contributed by atoms with Crippen molar-refractivity contribution in [3.05, 3.63) is 34.1 Å². The van der Waals surface area contributed by atoms with Crippen molar-refractivity contribution >= 4 is 28.1 Å². The van der Waals surface area contributed by atoms with Gasteiger partial charge in [0.05, 0.1) is 4.92 Å². The first kappa shape index (κ1) is 18.8. The molecule has 1 atom stereocenters. The van der Waals surface area contributed by atoms with Gasteiger partial charge >= 0.3 is 0 Å². The standard InChI is InChI=1S/C12H16FN3O4S.ClH/c1-15(11(7-14)8-5-6-8)21(19,20)12-9(13)3-2-4-10(12)16(17)18;/h2-4,8,11H,5-7,14H2,1H3;1H. The quantitative estimate of drug-likeness (QED) is 0.616. The van der Waals surface area contributed by atoms with Crippen molar-refractivity contribution < 1.29 is 17.7 Å². The molecule has 0 heterocycles. The first-order valence-electron chi connectivity index (χ1n) is 6.41. The monoisotopic (exact) mass is 353 g/mol. The molecule has 0 saturated heterocycles. The molecule has 10 heteroatoms. The molecule has 0 spiro atoms. The van der Waals surface area contributed by atoms with Gasteiger partial charge in [0.25, 0.3) is 15.7 Å². The highest BCUT2D eigenvalue weighted by Gasteiger charge is 2.41. The number of rotatable bonds is 6. The summed E-state index contributed by atoms with van der Waals surface area (Å²) >= 11 is 0. The Morgan fingerprint density at radius 1 is 1.50 bits per heavy atom. The Labute approximate surface area is 133 Å². The van der Waals surface area contributed by atoms with E-state index in [1.807, 2.05) is 0 Å². The second-order valence-corrected chi connectivity index (χ2v) is 6.94. The van der Waals surface area contributed by atoms with Gasteiger partial charge in [-0.05, 0) is 24.8 Å². The number of halogens is 2. The summed E-state index contributed by atoms with van der Waals surface area (Å²) in [4.78, 5) is 9.15. The lowest BCUT2D eigenvalue weighted by molar-refractivity contribution is -0.388. The van der Waals surface area contributed by atoms with Crippen LogP contribution in [0.5, 0.6) is 0 Å². The minimum atomic E-state index is -4.32. The van der Waals surface area contributed by atoms with E-state index in [0.29, 0.717) is 0 Å². The first-order chi connectivity index (χ1) is 9.80. The zero-order valence-electron chi connectivity index (χ0n) is 11.8. The SMILES string of the molecule is CN(C(CN)C1CC1)S(=O)(=O)c1c(F)cccc1[N+](=O)[O-].Cl. The highest BCUT2D eigenvalue weighted by Crippen LogP contribution is 2.37. The Hall–Kier alpha value is -1.29. The molecule has 0 amide bonds. The van der Waals surface area contributed by atoms with Crippen LogP contribution in [0.4, 0.5) is 10.1 Å². The zero-order valence-corrected chi connectivity index (χ0v) is 13.4. The molecule has 0 bridgehead atoms. The summed E-state index contributed by atoms with van der Waals surface area (Å²) < 4.78 is 39.9. The number of nitro groups is 1. The van der Waals surface area contributed by atoms with Crippen molar-refractivity contribution in [2.24, 2.45) is 11.7 Å². The second-order valence-electron chi connectivity index (χ2n) is 5.01. The summed E-state index contributed by atoms with van der Waals surface area (Å²) in [5, 5.41) is 11.0. The van der Waals surface area contributed by atoms with E-state index in [0.717, 1.165) is 35.3 Å². The molecule has 1 unspecified atom stereocenters. The zero-order chi connectivity index (χ0) is 15.8. The lowest BCUT2D eigenvalue weighted by atomic mass is 10.2. The van der Waals surface area contributed by atoms with Crippen LogP contribution in [0.3, 0.4) is 0 Å². The van der Waals surface area contributed by atoms with Crippen molar-refractivity contribution in [3.63, 3.8) is 0 Å². The average Bonchev–Trinajstić information content (AvgIpc) is 3.23. The Morgan fingerprint density at radius 3 is 2.55 bits per heavy atom. The summed E-state index contributed by atoms with van der Waals surface area (Å²) in [5.41, 5.74) is 4.82. The molecule has 2 rings (SSSR count). The fraction of sp³-hybridized carbons (Fsp3) is 0.500. The summed E-state index contributed by atoms with van der Waals surface area (Å²) in [6.45, 7) is 0.0860. The fourth-order valence-electron chi connectivity index (χ4n) is 2.34. The van der Waals surface area contributed by atoms with Crippen LogP contribution in [0.25, 0.3) is 0 Å². The van der Waals surface area contributed by atoms with Crippen molar-refractivity contribution in [1.82, 2.24) is 4.31 Å². The largest absolute Gasteiger partial charge is 0.329 e. The average molecular weight is 354 g/mol. The first-order valence-corrected chi connectivity index (χ1v) is 7.85. The summed E-state index contributed by atoms with van der Waals surface area (Å²) in [7, 11) is -3.05. The van der Waals surface area contributed by atoms with E-state index in [-0.39, 0.29) is 24.9 Å². The number of hydrogen-bond donors (Lipinski definition) is 1. The smallest absolute Gasteiger partial charge is 0.292 e. The molecule has 1 aliphatic rings. The molecule has 1 aromatic rings. The van der Waals surface area contributed by atoms with Gasteiger partial charge in [0.2, 0.25) is 0 Å². The minimum Gasteiger partial charge on any atom is -0.329 e. The van der Waals surface area contributed by atoms with Gasteiger partial charge in [0, 0.05) is 25.7 Å². The topological polar surface area (TPSA) is 107 Å². The molecule has 124 valence electrons. The fourth-order valence-corrected chi connectivity index (χ4v) is 3.96. The lowest BCUT2D eigenvalue weighted by Gasteiger charge is -2.26. The van der Waals surface area contributed by atoms with Gasteiger partial charge in [-0.1, -0.05) is 6.07 Å². The number of sulfonamides is 1. The normalized spacial score (nSPS) is 16.2. The number of likely N-dealkylation sites (N-methyl/N-ethyl adjacent to an activating group) is 1. The highest BCUT2D eigenvalue weighted by atomic mass is 35.5. The third-order valence-corrected chi connectivity index (χ3v) is 5.60. The Kier molecular flexibility index (Phi) is 5.85. The van der Waals surface area contributed by atoms with Crippen LogP contribution in [-0.2, 0) is 10.0 Å². The van der Waals surface area contributed by atoms with Crippen LogP contribution < -0.4 is 5.73 Å². The Morgan fingerprint density at radius 2 is 2.09 bits per heavy atom. The van der Waals surface area contributed by atoms with E-state index in [4.69, 9.17) is 5.73 Å². The highest BCUT2D eigenvalue weighted by molar-refractivity contribution is 7.89. The van der Waals surface area contributed by atoms with Gasteiger partial charge in [0.1, 0.15) is 5.82 Å². The lowest BCUT2D eigenvalue weighted by Crippen LogP contribution is -2.43. The van der Waals surface area contributed by atoms with Gasteiger partial charge in [-0.2, -0.15) is 4.31 Å². The maximum atomic E-state index is 13.9. The third-order valence-electron chi connectivity index (χ3n) is 3.65. The maximum Gasteiger partial charge on any atom is 0.292 e. The molecule has 0 aliphatic heterocycles. The summed E-state index contributed by atoms with van der Waals surface area (Å²) in [6, 6.07) is 2.49. The van der Waals surface area contributed by atoms with Crippen molar-refractivity contribution in [2.45, 2.75) is 23.8 Å². The molecule has 7 nitrogen and oxygen atoms in total. The van der Waals surface area contributed by atoms with Crippen molar-refractivity contribution in [2.75, 3.05) is 13.6 Å². The summed E-state index contributed by atoms with van der Waals surface area (Å²) in [5.74, 6) is -1.01. The Bertz CT molecular complexity index is 666. The molecular weight excluding hydrogens is 337 g/mol. The van der Waals surface area contributed by atoms with Crippen LogP contribution in [0.1, 0.15) is 12.8 Å². The van der Waals surface area contributed by atoms with Gasteiger partial charge < -0.3 is 5.73 Å². The van der Waals surface area contributed by atoms with E-state index >= 15 is 0 Å². The minimum absolute atomic E-state index is 0. The molecule has 1 saturated carbocycles. The third kappa shape index (κ3) is 3.37. The van der Waals surface area contributed by atoms with E-state index in [1.165, 1.54) is 7.05 Å². The van der Waals surface area contributed by atoms with E-state index in [2.05, 4.69) is 0 Å². The van der Waals surface area contributed by atoms with Gasteiger partial charge in [-0.15, -0.1) is 12.4 Å². The van der Waals surface area contributed by atoms with Crippen LogP contribution in [0, 0.1) is 21.8 Å². The second kappa shape index (κ2) is 6.86. The van der Waals surface area contributed by atoms with Crippen LogP contribution in [-0.4, -0.2) is 37.3 Å². The Balaban J connectivity index is 0.00000242. The van der Waals surface area contributed by atoms with E-state index in [9.17, 15) is 22.9 Å². The summed E-state index contributed by atoms with van der Waals surface area (Å²) in [6.07, 6.45) is 1.70. The van der Waals surface area contributed by atoms with Crippen LogP contribution in [0.15, 0.2) is 23.1 Å². The van der Waals surface area contributed by atoms with Crippen LogP contribution in [0.2, 0.25) is 0 Å². The molecule has 22 heavy (non-hydrogen) atoms. The predicted molar refractivity (Wildman–Crippen MR) is 80.8 cm³/mol. The van der Waals surface area contributed by atoms with E-state index in [1.54, 1.807) is 0 Å². The van der Waals surface area contributed by atoms with Crippen molar-refractivity contribution in [1.29, 1.82) is 0 Å². The van der Waals surface area contributed by atoms with Gasteiger partial charge in [-0.3, -0.25) is 10.1 Å². The molecule has 2 N–H and O–H groups in total. The molecule has 0 radical (unpaired) electrons. The van der Waals surface area contributed by atoms with E-state index < -0.39 is 37.4 Å². The molecule has 1 aliphatic carbocycles. The number of nitro benzene ring substituents is 1. The molecular formula is C12H17ClFN3O4S. The maximum absolute atomic E-state index is 13.9. The number of benzene rings is 1. The number of hydrogen-bond acceptors (Lipinski definition) is 5. The van der Waals surface area contributed by atoms with Gasteiger partial charge in [-0.25, -0.2) is 12.8 Å². The predicted octanol–water partition coefficient (Wildman–Crippen LogP) is 1.51. The number of nitrogens with zero attached hydrogens (tertiary/aromatic N) is 2. The molecule has 1 fully saturated rings.